The van der Waals surface area contributed by atoms with E-state index < -0.39 is 10.0 Å². The molecule has 0 spiro atoms. The number of nitriles is 1. The number of hydrogen-bond donors (Lipinski definition) is 1. The van der Waals surface area contributed by atoms with Gasteiger partial charge in [0.25, 0.3) is 0 Å². The standard InChI is InChI=1S/C18H21N3O2S/c1-24(22,23)20-12-14-5-4-10-21(13-14)18-9-8-15(11-19)16-6-2-3-7-17(16)18/h2-3,6-9,14,20H,4-5,10,12-13H2,1H3. The number of nitrogens with one attached hydrogen (secondary N) is 1. The smallest absolute Gasteiger partial charge is 0.208 e. The lowest BCUT2D eigenvalue weighted by Crippen LogP contribution is -2.40. The highest BCUT2D eigenvalue weighted by molar-refractivity contribution is 7.88. The maximum atomic E-state index is 11.3. The lowest BCUT2D eigenvalue weighted by Gasteiger charge is -2.35. The summed E-state index contributed by atoms with van der Waals surface area (Å²) in [7, 11) is -3.15. The largest absolute Gasteiger partial charge is 0.371 e. The van der Waals surface area contributed by atoms with Crippen LogP contribution in [-0.4, -0.2) is 34.3 Å². The van der Waals surface area contributed by atoms with Crippen LogP contribution in [0.5, 0.6) is 0 Å². The third-order valence-corrected chi connectivity index (χ3v) is 5.21. The first-order valence-electron chi connectivity index (χ1n) is 8.09. The van der Waals surface area contributed by atoms with Crippen molar-refractivity contribution in [3.8, 4) is 6.07 Å². The van der Waals surface area contributed by atoms with Crippen molar-refractivity contribution in [1.29, 1.82) is 5.26 Å². The number of hydrogen-bond acceptors (Lipinski definition) is 4. The minimum atomic E-state index is -3.15. The molecule has 0 aromatic heterocycles. The molecular formula is C18H21N3O2S. The molecule has 2 aromatic carbocycles. The van der Waals surface area contributed by atoms with Gasteiger partial charge in [0, 0.05) is 36.1 Å². The van der Waals surface area contributed by atoms with Crippen molar-refractivity contribution in [2.45, 2.75) is 12.8 Å². The van der Waals surface area contributed by atoms with E-state index in [1.54, 1.807) is 0 Å². The van der Waals surface area contributed by atoms with Crippen molar-refractivity contribution < 1.29 is 8.42 Å². The van der Waals surface area contributed by atoms with Crippen LogP contribution >= 0.6 is 0 Å². The summed E-state index contributed by atoms with van der Waals surface area (Å²) in [5.74, 6) is 0.294. The van der Waals surface area contributed by atoms with Crippen molar-refractivity contribution in [3.63, 3.8) is 0 Å². The predicted octanol–water partition coefficient (Wildman–Crippen LogP) is 2.48. The molecule has 1 fully saturated rings. The minimum Gasteiger partial charge on any atom is -0.371 e. The number of piperidine rings is 1. The first-order valence-corrected chi connectivity index (χ1v) is 9.98. The van der Waals surface area contributed by atoms with Crippen LogP contribution in [0.3, 0.4) is 0 Å². The quantitative estimate of drug-likeness (QED) is 0.925. The molecule has 3 rings (SSSR count). The van der Waals surface area contributed by atoms with Gasteiger partial charge in [0.05, 0.1) is 17.9 Å². The summed E-state index contributed by atoms with van der Waals surface area (Å²) < 4.78 is 25.3. The first-order chi connectivity index (χ1) is 11.5. The number of nitrogens with zero attached hydrogens (tertiary/aromatic N) is 2. The van der Waals surface area contributed by atoms with E-state index in [4.69, 9.17) is 0 Å². The van der Waals surface area contributed by atoms with E-state index in [9.17, 15) is 13.7 Å². The third-order valence-electron chi connectivity index (χ3n) is 4.52. The van der Waals surface area contributed by atoms with Gasteiger partial charge in [-0.3, -0.25) is 0 Å². The summed E-state index contributed by atoms with van der Waals surface area (Å²) in [4.78, 5) is 2.31. The topological polar surface area (TPSA) is 73.2 Å². The molecule has 126 valence electrons. The van der Waals surface area contributed by atoms with Crippen molar-refractivity contribution in [3.05, 3.63) is 42.0 Å². The van der Waals surface area contributed by atoms with Gasteiger partial charge < -0.3 is 4.90 Å². The van der Waals surface area contributed by atoms with Gasteiger partial charge in [-0.05, 0) is 30.9 Å². The van der Waals surface area contributed by atoms with Gasteiger partial charge in [-0.1, -0.05) is 24.3 Å². The number of anilines is 1. The Morgan fingerprint density at radius 2 is 2.00 bits per heavy atom. The van der Waals surface area contributed by atoms with E-state index in [1.807, 2.05) is 36.4 Å². The van der Waals surface area contributed by atoms with E-state index in [0.717, 1.165) is 42.4 Å². The van der Waals surface area contributed by atoms with Gasteiger partial charge >= 0.3 is 0 Å². The summed E-state index contributed by atoms with van der Waals surface area (Å²) in [6.45, 7) is 2.24. The second-order valence-corrected chi connectivity index (χ2v) is 8.20. The Morgan fingerprint density at radius 3 is 2.71 bits per heavy atom. The van der Waals surface area contributed by atoms with Crippen LogP contribution in [0, 0.1) is 17.2 Å². The Balaban J connectivity index is 1.86. The third kappa shape index (κ3) is 3.69. The van der Waals surface area contributed by atoms with Gasteiger partial charge in [-0.2, -0.15) is 5.26 Å². The Bertz CT molecular complexity index is 887. The molecule has 1 aliphatic rings. The molecule has 0 amide bonds. The van der Waals surface area contributed by atoms with Crippen LogP contribution in [0.4, 0.5) is 5.69 Å². The molecule has 1 unspecified atom stereocenters. The molecule has 1 atom stereocenters. The average Bonchev–Trinajstić information content (AvgIpc) is 2.58. The maximum absolute atomic E-state index is 11.3. The highest BCUT2D eigenvalue weighted by Gasteiger charge is 2.22. The summed E-state index contributed by atoms with van der Waals surface area (Å²) in [5, 5.41) is 11.3. The highest BCUT2D eigenvalue weighted by atomic mass is 32.2. The van der Waals surface area contributed by atoms with Gasteiger partial charge in [0.15, 0.2) is 0 Å². The zero-order valence-electron chi connectivity index (χ0n) is 13.7. The van der Waals surface area contributed by atoms with Gasteiger partial charge in [-0.25, -0.2) is 13.1 Å². The van der Waals surface area contributed by atoms with Crippen LogP contribution in [0.1, 0.15) is 18.4 Å². The molecule has 1 heterocycles. The summed E-state index contributed by atoms with van der Waals surface area (Å²) in [6.07, 6.45) is 3.25. The number of rotatable bonds is 4. The molecule has 6 heteroatoms. The van der Waals surface area contributed by atoms with Crippen molar-refractivity contribution in [1.82, 2.24) is 4.72 Å². The molecule has 5 nitrogen and oxygen atoms in total. The number of fused-ring (bicyclic) bond motifs is 1. The summed E-state index contributed by atoms with van der Waals surface area (Å²) in [5.41, 5.74) is 1.80. The molecule has 0 saturated carbocycles. The zero-order valence-corrected chi connectivity index (χ0v) is 14.5. The molecule has 1 saturated heterocycles. The molecule has 2 aromatic rings. The Labute approximate surface area is 142 Å². The second kappa shape index (κ2) is 6.80. The molecule has 0 radical (unpaired) electrons. The summed E-state index contributed by atoms with van der Waals surface area (Å²) in [6, 6.07) is 14.1. The van der Waals surface area contributed by atoms with Gasteiger partial charge in [0.2, 0.25) is 10.0 Å². The Morgan fingerprint density at radius 1 is 1.25 bits per heavy atom. The molecule has 1 aliphatic heterocycles. The molecule has 1 N–H and O–H groups in total. The monoisotopic (exact) mass is 343 g/mol. The minimum absolute atomic E-state index is 0.294. The van der Waals surface area contributed by atoms with Crippen LogP contribution in [0.25, 0.3) is 10.8 Å². The first kappa shape index (κ1) is 16.7. The van der Waals surface area contributed by atoms with Crippen molar-refractivity contribution >= 4 is 26.5 Å². The average molecular weight is 343 g/mol. The second-order valence-electron chi connectivity index (χ2n) is 6.36. The van der Waals surface area contributed by atoms with E-state index >= 15 is 0 Å². The maximum Gasteiger partial charge on any atom is 0.208 e. The van der Waals surface area contributed by atoms with Crippen molar-refractivity contribution in [2.24, 2.45) is 5.92 Å². The zero-order chi connectivity index (χ0) is 17.2. The molecular weight excluding hydrogens is 322 g/mol. The Kier molecular flexibility index (Phi) is 4.74. The fourth-order valence-corrected chi connectivity index (χ4v) is 3.91. The predicted molar refractivity (Wildman–Crippen MR) is 96.4 cm³/mol. The van der Waals surface area contributed by atoms with Crippen LogP contribution in [0.2, 0.25) is 0 Å². The lowest BCUT2D eigenvalue weighted by molar-refractivity contribution is 0.412. The Hall–Kier alpha value is -2.10. The molecule has 0 aliphatic carbocycles. The van der Waals surface area contributed by atoms with E-state index in [2.05, 4.69) is 15.7 Å². The molecule has 0 bridgehead atoms. The van der Waals surface area contributed by atoms with Crippen LogP contribution in [-0.2, 0) is 10.0 Å². The SMILES string of the molecule is CS(=O)(=O)NCC1CCCN(c2ccc(C#N)c3ccccc23)C1. The summed E-state index contributed by atoms with van der Waals surface area (Å²) >= 11 is 0. The van der Waals surface area contributed by atoms with Crippen molar-refractivity contribution in [2.75, 3.05) is 30.8 Å². The lowest BCUT2D eigenvalue weighted by atomic mass is 9.96. The van der Waals surface area contributed by atoms with Gasteiger partial charge in [0.1, 0.15) is 0 Å². The normalized spacial score (nSPS) is 18.5. The molecule has 24 heavy (non-hydrogen) atoms. The number of benzene rings is 2. The fourth-order valence-electron chi connectivity index (χ4n) is 3.38. The fraction of sp³-hybridized carbons (Fsp3) is 0.389. The van der Waals surface area contributed by atoms with Crippen LogP contribution in [0.15, 0.2) is 36.4 Å². The number of sulfonamides is 1. The highest BCUT2D eigenvalue weighted by Crippen LogP contribution is 2.32. The van der Waals surface area contributed by atoms with E-state index in [1.165, 1.54) is 6.26 Å². The van der Waals surface area contributed by atoms with E-state index in [0.29, 0.717) is 18.0 Å². The van der Waals surface area contributed by atoms with Crippen LogP contribution < -0.4 is 9.62 Å². The van der Waals surface area contributed by atoms with Gasteiger partial charge in [-0.15, -0.1) is 0 Å². The van der Waals surface area contributed by atoms with E-state index in [-0.39, 0.29) is 0 Å².